The van der Waals surface area contributed by atoms with E-state index in [1.807, 2.05) is 42.5 Å². The van der Waals surface area contributed by atoms with Crippen LogP contribution in [0.5, 0.6) is 0 Å². The number of hydrogen-bond donors (Lipinski definition) is 1. The van der Waals surface area contributed by atoms with Crippen LogP contribution in [-0.4, -0.2) is 41.1 Å². The van der Waals surface area contributed by atoms with E-state index in [9.17, 15) is 18.0 Å². The summed E-state index contributed by atoms with van der Waals surface area (Å²) in [6, 6.07) is 21.0. The molecule has 4 rings (SSSR count). The molecule has 1 unspecified atom stereocenters. The predicted octanol–water partition coefficient (Wildman–Crippen LogP) is 5.87. The van der Waals surface area contributed by atoms with Gasteiger partial charge in [-0.1, -0.05) is 60.1 Å². The quantitative estimate of drug-likeness (QED) is 0.373. The van der Waals surface area contributed by atoms with Gasteiger partial charge in [0.15, 0.2) is 0 Å². The first-order chi connectivity index (χ1) is 16.1. The Balaban J connectivity index is 1.62. The Morgan fingerprint density at radius 2 is 1.74 bits per heavy atom. The molecule has 0 saturated carbocycles. The molecule has 0 aromatic heterocycles. The minimum atomic E-state index is -4.57. The van der Waals surface area contributed by atoms with Gasteiger partial charge in [0, 0.05) is 23.6 Å². The number of rotatable bonds is 3. The van der Waals surface area contributed by atoms with Crippen LogP contribution in [0.25, 0.3) is 0 Å². The van der Waals surface area contributed by atoms with Crippen molar-refractivity contribution in [3.8, 4) is 0 Å². The lowest BCUT2D eigenvalue weighted by molar-refractivity contribution is -0.137. The molecule has 3 aromatic carbocycles. The largest absolute Gasteiger partial charge is 0.416 e. The van der Waals surface area contributed by atoms with Crippen LogP contribution in [0.2, 0.25) is 5.02 Å². The van der Waals surface area contributed by atoms with Crippen LogP contribution in [0.15, 0.2) is 84.0 Å². The van der Waals surface area contributed by atoms with Crippen LogP contribution in [0, 0.1) is 5.41 Å². The fraction of sp³-hybridized carbons (Fsp3) is 0.160. The highest BCUT2D eigenvalue weighted by molar-refractivity contribution is 6.30. The summed E-state index contributed by atoms with van der Waals surface area (Å²) in [5, 5.41) is 15.1. The third kappa shape index (κ3) is 4.82. The summed E-state index contributed by atoms with van der Waals surface area (Å²) in [4.78, 5) is 13.9. The van der Waals surface area contributed by atoms with E-state index in [0.717, 1.165) is 28.2 Å². The number of carbonyl (C=O) groups is 1. The van der Waals surface area contributed by atoms with E-state index >= 15 is 0 Å². The second-order valence-electron chi connectivity index (χ2n) is 7.80. The highest BCUT2D eigenvalue weighted by atomic mass is 35.5. The number of nitrogens with one attached hydrogen (secondary N) is 1. The number of hydrazone groups is 1. The van der Waals surface area contributed by atoms with Gasteiger partial charge in [-0.15, -0.1) is 0 Å². The molecule has 1 aliphatic heterocycles. The number of guanidine groups is 1. The number of alkyl halides is 3. The molecule has 1 heterocycles. The zero-order valence-electron chi connectivity index (χ0n) is 18.1. The van der Waals surface area contributed by atoms with Gasteiger partial charge in [-0.3, -0.25) is 15.1 Å². The van der Waals surface area contributed by atoms with Crippen molar-refractivity contribution in [3.05, 3.63) is 106 Å². The smallest absolute Gasteiger partial charge is 0.280 e. The maximum atomic E-state index is 13.1. The van der Waals surface area contributed by atoms with Gasteiger partial charge in [-0.2, -0.15) is 18.3 Å². The summed E-state index contributed by atoms with van der Waals surface area (Å²) in [5.41, 5.74) is 1.42. The summed E-state index contributed by atoms with van der Waals surface area (Å²) in [6.45, 7) is 0.293. The second kappa shape index (κ2) is 9.30. The van der Waals surface area contributed by atoms with E-state index < -0.39 is 17.6 Å². The second-order valence-corrected chi connectivity index (χ2v) is 8.24. The van der Waals surface area contributed by atoms with E-state index in [4.69, 9.17) is 17.0 Å². The van der Waals surface area contributed by atoms with Gasteiger partial charge in [0.2, 0.25) is 5.96 Å². The lowest BCUT2D eigenvalue weighted by Crippen LogP contribution is -2.42. The van der Waals surface area contributed by atoms with Gasteiger partial charge in [0.1, 0.15) is 0 Å². The molecule has 9 heteroatoms. The highest BCUT2D eigenvalue weighted by Gasteiger charge is 2.34. The third-order valence-corrected chi connectivity index (χ3v) is 5.81. The van der Waals surface area contributed by atoms with E-state index in [1.54, 1.807) is 12.1 Å². The Labute approximate surface area is 199 Å². The van der Waals surface area contributed by atoms with E-state index in [2.05, 4.69) is 5.10 Å². The molecule has 0 spiro atoms. The molecular formula is C25H20ClF3N4O. The molecule has 1 atom stereocenters. The molecule has 5 nitrogen and oxygen atoms in total. The van der Waals surface area contributed by atoms with Crippen molar-refractivity contribution in [2.24, 2.45) is 5.10 Å². The first kappa shape index (κ1) is 23.5. The third-order valence-electron chi connectivity index (χ3n) is 5.56. The number of hydrogen-bond acceptors (Lipinski definition) is 3. The minimum Gasteiger partial charge on any atom is -0.280 e. The first-order valence-corrected chi connectivity index (χ1v) is 10.7. The molecule has 0 radical (unpaired) electrons. The molecule has 1 N–H and O–H groups in total. The Kier molecular flexibility index (Phi) is 6.43. The molecule has 34 heavy (non-hydrogen) atoms. The number of carbonyl (C=O) groups excluding carboxylic acids is 1. The van der Waals surface area contributed by atoms with Gasteiger partial charge in [-0.25, -0.2) is 5.01 Å². The lowest BCUT2D eigenvalue weighted by Gasteiger charge is -2.24. The normalized spacial score (nSPS) is 15.7. The Morgan fingerprint density at radius 1 is 1.06 bits per heavy atom. The fourth-order valence-corrected chi connectivity index (χ4v) is 3.88. The minimum absolute atomic E-state index is 0.164. The van der Waals surface area contributed by atoms with Gasteiger partial charge in [0.05, 0.1) is 17.8 Å². The van der Waals surface area contributed by atoms with Crippen molar-refractivity contribution < 1.29 is 18.0 Å². The van der Waals surface area contributed by atoms with E-state index in [-0.39, 0.29) is 17.4 Å². The summed E-state index contributed by atoms with van der Waals surface area (Å²) in [7, 11) is 1.35. The van der Waals surface area contributed by atoms with Crippen LogP contribution in [0.3, 0.4) is 0 Å². The fourth-order valence-electron chi connectivity index (χ4n) is 3.75. The number of halogens is 4. The molecule has 0 bridgehead atoms. The Bertz CT molecular complexity index is 1240. The number of nitrogens with zero attached hydrogens (tertiary/aromatic N) is 3. The lowest BCUT2D eigenvalue weighted by atomic mass is 9.91. The molecule has 3 aromatic rings. The SMILES string of the molecule is CN(C(=N)N1CC(c2ccccc2)C(c2ccc(Cl)cc2)=N1)C(=O)c1cccc(C(F)(F)F)c1. The molecule has 0 fully saturated rings. The molecule has 1 amide bonds. The molecule has 0 aliphatic carbocycles. The monoisotopic (exact) mass is 484 g/mol. The van der Waals surface area contributed by atoms with Crippen molar-refractivity contribution in [2.75, 3.05) is 13.6 Å². The zero-order chi connectivity index (χ0) is 24.5. The number of amides is 1. The molecule has 1 aliphatic rings. The molecular weight excluding hydrogens is 465 g/mol. The summed E-state index contributed by atoms with van der Waals surface area (Å²) in [5.74, 6) is -1.16. The van der Waals surface area contributed by atoms with Crippen LogP contribution in [-0.2, 0) is 6.18 Å². The van der Waals surface area contributed by atoms with Crippen molar-refractivity contribution in [1.82, 2.24) is 9.91 Å². The Morgan fingerprint density at radius 3 is 2.38 bits per heavy atom. The van der Waals surface area contributed by atoms with Gasteiger partial charge in [-0.05, 0) is 41.5 Å². The van der Waals surface area contributed by atoms with Gasteiger partial charge >= 0.3 is 6.18 Å². The van der Waals surface area contributed by atoms with Gasteiger partial charge in [0.25, 0.3) is 5.91 Å². The average molecular weight is 485 g/mol. The number of benzene rings is 3. The van der Waals surface area contributed by atoms with E-state index in [1.165, 1.54) is 24.2 Å². The van der Waals surface area contributed by atoms with Gasteiger partial charge < -0.3 is 0 Å². The summed E-state index contributed by atoms with van der Waals surface area (Å²) >= 11 is 6.03. The standard InChI is InChI=1S/C25H20ClF3N4O/c1-32(23(34)18-8-5-9-19(14-18)25(27,28)29)24(30)33-15-21(16-6-3-2-4-7-16)22(31-33)17-10-12-20(26)13-11-17/h2-14,21,30H,15H2,1H3. The topological polar surface area (TPSA) is 59.8 Å². The zero-order valence-corrected chi connectivity index (χ0v) is 18.8. The van der Waals surface area contributed by atoms with Crippen LogP contribution in [0.4, 0.5) is 13.2 Å². The van der Waals surface area contributed by atoms with Crippen molar-refractivity contribution in [2.45, 2.75) is 12.1 Å². The van der Waals surface area contributed by atoms with Crippen molar-refractivity contribution >= 4 is 29.2 Å². The molecule has 174 valence electrons. The summed E-state index contributed by atoms with van der Waals surface area (Å²) in [6.07, 6.45) is -4.57. The maximum Gasteiger partial charge on any atom is 0.416 e. The predicted molar refractivity (Wildman–Crippen MR) is 125 cm³/mol. The summed E-state index contributed by atoms with van der Waals surface area (Å²) < 4.78 is 39.2. The highest BCUT2D eigenvalue weighted by Crippen LogP contribution is 2.31. The first-order valence-electron chi connectivity index (χ1n) is 10.4. The van der Waals surface area contributed by atoms with Crippen LogP contribution in [0.1, 0.15) is 33.0 Å². The van der Waals surface area contributed by atoms with E-state index in [0.29, 0.717) is 17.3 Å². The molecule has 0 saturated heterocycles. The van der Waals surface area contributed by atoms with Crippen molar-refractivity contribution in [1.29, 1.82) is 5.41 Å². The van der Waals surface area contributed by atoms with Crippen molar-refractivity contribution in [3.63, 3.8) is 0 Å². The Hall–Kier alpha value is -3.65. The van der Waals surface area contributed by atoms with Crippen LogP contribution >= 0.6 is 11.6 Å². The van der Waals surface area contributed by atoms with Crippen LogP contribution < -0.4 is 0 Å². The maximum absolute atomic E-state index is 13.1. The average Bonchev–Trinajstić information content (AvgIpc) is 3.29.